The van der Waals surface area contributed by atoms with Gasteiger partial charge in [-0.25, -0.2) is 4.98 Å². The van der Waals surface area contributed by atoms with Crippen molar-refractivity contribution in [1.82, 2.24) is 20.2 Å². The van der Waals surface area contributed by atoms with Crippen molar-refractivity contribution in [1.29, 1.82) is 0 Å². The molecule has 1 aromatic heterocycles. The summed E-state index contributed by atoms with van der Waals surface area (Å²) in [5.74, 6) is 2.88. The number of aromatic nitrogens is 2. The molecule has 29 heavy (non-hydrogen) atoms. The van der Waals surface area contributed by atoms with E-state index in [2.05, 4.69) is 21.3 Å². The van der Waals surface area contributed by atoms with Gasteiger partial charge < -0.3 is 19.8 Å². The lowest BCUT2D eigenvalue weighted by Crippen LogP contribution is -2.42. The van der Waals surface area contributed by atoms with Crippen LogP contribution in [0.4, 0.5) is 0 Å². The van der Waals surface area contributed by atoms with Crippen LogP contribution in [0.25, 0.3) is 11.0 Å². The van der Waals surface area contributed by atoms with Crippen LogP contribution in [-0.2, 0) is 11.3 Å². The first kappa shape index (κ1) is 18.0. The molecule has 2 aromatic carbocycles. The number of carbonyl (C=O) groups excluding carboxylic acids is 1. The number of nitrogens with one attached hydrogen (secondary N) is 2. The molecule has 1 unspecified atom stereocenters. The highest BCUT2D eigenvalue weighted by Gasteiger charge is 2.25. The van der Waals surface area contributed by atoms with Gasteiger partial charge in [0, 0.05) is 19.0 Å². The zero-order valence-corrected chi connectivity index (χ0v) is 16.2. The van der Waals surface area contributed by atoms with E-state index in [0.29, 0.717) is 19.0 Å². The zero-order valence-electron chi connectivity index (χ0n) is 16.2. The Morgan fingerprint density at radius 2 is 2.10 bits per heavy atom. The van der Waals surface area contributed by atoms with Gasteiger partial charge in [0.15, 0.2) is 11.5 Å². The molecule has 7 nitrogen and oxygen atoms in total. The van der Waals surface area contributed by atoms with Crippen LogP contribution in [0.15, 0.2) is 42.5 Å². The Balaban J connectivity index is 1.16. The van der Waals surface area contributed by atoms with E-state index in [4.69, 9.17) is 14.5 Å². The standard InChI is InChI=1S/C22H24N4O3/c27-21(23-11-15-7-8-19-20(10-15)29-14-28-19)13-26-9-3-4-16(12-26)22-24-17-5-1-2-6-18(17)25-22/h1-2,5-8,10,16H,3-4,9,11-14H2,(H,23,27)(H,24,25). The van der Waals surface area contributed by atoms with Crippen LogP contribution < -0.4 is 14.8 Å². The summed E-state index contributed by atoms with van der Waals surface area (Å²) >= 11 is 0. The number of benzene rings is 2. The SMILES string of the molecule is O=C(CN1CCCC(c2nc3ccccc3[nH]2)C1)NCc1ccc2c(c1)OCO2. The summed E-state index contributed by atoms with van der Waals surface area (Å²) < 4.78 is 10.7. The molecular weight excluding hydrogens is 368 g/mol. The molecule has 1 atom stereocenters. The molecule has 1 amide bonds. The van der Waals surface area contributed by atoms with E-state index in [-0.39, 0.29) is 12.7 Å². The number of rotatable bonds is 5. The van der Waals surface area contributed by atoms with Gasteiger partial charge in [0.05, 0.1) is 17.6 Å². The maximum atomic E-state index is 12.5. The fourth-order valence-electron chi connectivity index (χ4n) is 4.10. The number of para-hydroxylation sites is 2. The number of nitrogens with zero attached hydrogens (tertiary/aromatic N) is 2. The summed E-state index contributed by atoms with van der Waals surface area (Å²) in [5, 5.41) is 3.01. The molecular formula is C22H24N4O3. The molecule has 5 rings (SSSR count). The first-order valence-electron chi connectivity index (χ1n) is 10.1. The number of piperidine rings is 1. The first-order valence-corrected chi connectivity index (χ1v) is 10.1. The number of ether oxygens (including phenoxy) is 2. The van der Waals surface area contributed by atoms with Gasteiger partial charge in [-0.1, -0.05) is 18.2 Å². The average Bonchev–Trinajstić information content (AvgIpc) is 3.39. The lowest BCUT2D eigenvalue weighted by Gasteiger charge is -2.31. The van der Waals surface area contributed by atoms with Gasteiger partial charge in [-0.05, 0) is 49.2 Å². The highest BCUT2D eigenvalue weighted by Crippen LogP contribution is 2.32. The second-order valence-electron chi connectivity index (χ2n) is 7.68. The summed E-state index contributed by atoms with van der Waals surface area (Å²) in [6.45, 7) is 2.93. The third kappa shape index (κ3) is 3.91. The number of likely N-dealkylation sites (tertiary alicyclic amines) is 1. The van der Waals surface area contributed by atoms with E-state index in [1.807, 2.05) is 36.4 Å². The number of imidazole rings is 1. The minimum atomic E-state index is 0.0351. The third-order valence-corrected chi connectivity index (χ3v) is 5.59. The van der Waals surface area contributed by atoms with E-state index in [1.54, 1.807) is 0 Å². The number of carbonyl (C=O) groups is 1. The van der Waals surface area contributed by atoms with Crippen LogP contribution in [0.1, 0.15) is 30.1 Å². The fourth-order valence-corrected chi connectivity index (χ4v) is 4.10. The summed E-state index contributed by atoms with van der Waals surface area (Å²) in [7, 11) is 0. The number of aromatic amines is 1. The number of fused-ring (bicyclic) bond motifs is 2. The molecule has 2 N–H and O–H groups in total. The lowest BCUT2D eigenvalue weighted by molar-refractivity contribution is -0.122. The van der Waals surface area contributed by atoms with Crippen molar-refractivity contribution in [3.63, 3.8) is 0 Å². The summed E-state index contributed by atoms with van der Waals surface area (Å²) in [4.78, 5) is 22.9. The molecule has 150 valence electrons. The quantitative estimate of drug-likeness (QED) is 0.698. The van der Waals surface area contributed by atoms with E-state index in [9.17, 15) is 4.79 Å². The molecule has 2 aliphatic rings. The molecule has 0 bridgehead atoms. The van der Waals surface area contributed by atoms with Crippen LogP contribution in [0.2, 0.25) is 0 Å². The number of amides is 1. The topological polar surface area (TPSA) is 79.5 Å². The predicted molar refractivity (Wildman–Crippen MR) is 109 cm³/mol. The van der Waals surface area contributed by atoms with Crippen molar-refractivity contribution < 1.29 is 14.3 Å². The van der Waals surface area contributed by atoms with Gasteiger partial charge >= 0.3 is 0 Å². The molecule has 3 heterocycles. The Morgan fingerprint density at radius 3 is 3.03 bits per heavy atom. The minimum Gasteiger partial charge on any atom is -0.454 e. The van der Waals surface area contributed by atoms with Gasteiger partial charge in [0.25, 0.3) is 0 Å². The van der Waals surface area contributed by atoms with E-state index >= 15 is 0 Å². The number of hydrogen-bond donors (Lipinski definition) is 2. The zero-order chi connectivity index (χ0) is 19.6. The van der Waals surface area contributed by atoms with Crippen molar-refractivity contribution in [3.05, 3.63) is 53.9 Å². The summed E-state index contributed by atoms with van der Waals surface area (Å²) in [6.07, 6.45) is 2.16. The number of H-pyrrole nitrogens is 1. The van der Waals surface area contributed by atoms with Crippen molar-refractivity contribution in [2.75, 3.05) is 26.4 Å². The fraction of sp³-hybridized carbons (Fsp3) is 0.364. The lowest BCUT2D eigenvalue weighted by atomic mass is 9.97. The Hall–Kier alpha value is -3.06. The third-order valence-electron chi connectivity index (χ3n) is 5.59. The van der Waals surface area contributed by atoms with Crippen molar-refractivity contribution in [2.24, 2.45) is 0 Å². The summed E-state index contributed by atoms with van der Waals surface area (Å²) in [5.41, 5.74) is 3.07. The Bertz CT molecular complexity index is 999. The van der Waals surface area contributed by atoms with Crippen LogP contribution in [-0.4, -0.2) is 47.2 Å². The van der Waals surface area contributed by atoms with Crippen molar-refractivity contribution in [3.8, 4) is 11.5 Å². The maximum Gasteiger partial charge on any atom is 0.234 e. The van der Waals surface area contributed by atoms with Crippen molar-refractivity contribution in [2.45, 2.75) is 25.3 Å². The minimum absolute atomic E-state index is 0.0351. The van der Waals surface area contributed by atoms with Gasteiger partial charge in [0.2, 0.25) is 12.7 Å². The molecule has 0 saturated carbocycles. The predicted octanol–water partition coefficient (Wildman–Crippen LogP) is 2.79. The van der Waals surface area contributed by atoms with E-state index < -0.39 is 0 Å². The normalized spacial score (nSPS) is 18.8. The van der Waals surface area contributed by atoms with Crippen LogP contribution in [0.5, 0.6) is 11.5 Å². The van der Waals surface area contributed by atoms with Crippen LogP contribution >= 0.6 is 0 Å². The molecule has 3 aromatic rings. The number of hydrogen-bond acceptors (Lipinski definition) is 5. The van der Waals surface area contributed by atoms with Gasteiger partial charge in [-0.2, -0.15) is 0 Å². The highest BCUT2D eigenvalue weighted by atomic mass is 16.7. The van der Waals surface area contributed by atoms with Gasteiger partial charge in [-0.3, -0.25) is 9.69 Å². The molecule has 2 aliphatic heterocycles. The summed E-state index contributed by atoms with van der Waals surface area (Å²) in [6, 6.07) is 13.8. The maximum absolute atomic E-state index is 12.5. The smallest absolute Gasteiger partial charge is 0.234 e. The monoisotopic (exact) mass is 392 g/mol. The Morgan fingerprint density at radius 1 is 1.21 bits per heavy atom. The first-order chi connectivity index (χ1) is 14.2. The second kappa shape index (κ2) is 7.75. The Labute approximate surface area is 169 Å². The van der Waals surface area contributed by atoms with Crippen molar-refractivity contribution >= 4 is 16.9 Å². The van der Waals surface area contributed by atoms with Crippen LogP contribution in [0.3, 0.4) is 0 Å². The van der Waals surface area contributed by atoms with Gasteiger partial charge in [0.1, 0.15) is 5.82 Å². The van der Waals surface area contributed by atoms with E-state index in [0.717, 1.165) is 59.9 Å². The molecule has 0 radical (unpaired) electrons. The molecule has 1 saturated heterocycles. The van der Waals surface area contributed by atoms with Crippen LogP contribution in [0, 0.1) is 0 Å². The molecule has 7 heteroatoms. The van der Waals surface area contributed by atoms with E-state index in [1.165, 1.54) is 0 Å². The molecule has 0 spiro atoms. The second-order valence-corrected chi connectivity index (χ2v) is 7.68. The average molecular weight is 392 g/mol. The largest absolute Gasteiger partial charge is 0.454 e. The van der Waals surface area contributed by atoms with Gasteiger partial charge in [-0.15, -0.1) is 0 Å². The highest BCUT2D eigenvalue weighted by molar-refractivity contribution is 5.78. The Kier molecular flexibility index (Phi) is 4.81. The molecule has 1 fully saturated rings. The molecule has 0 aliphatic carbocycles.